The Balaban J connectivity index is 1.84. The maximum absolute atomic E-state index is 12.3. The van der Waals surface area contributed by atoms with Gasteiger partial charge < -0.3 is 14.4 Å². The number of amides is 3. The van der Waals surface area contributed by atoms with Crippen LogP contribution in [0.3, 0.4) is 0 Å². The SMILES string of the molecule is COc1ccc(Cl)cc1C(=O)NNC(=O)C1CCN(C(=O)OC(C)(C)C)CC1. The molecule has 0 radical (unpaired) electrons. The minimum absolute atomic E-state index is 0.218. The lowest BCUT2D eigenvalue weighted by Crippen LogP contribution is -2.48. The molecule has 2 rings (SSSR count). The molecule has 0 aromatic heterocycles. The van der Waals surface area contributed by atoms with Gasteiger partial charge in [0.05, 0.1) is 12.7 Å². The van der Waals surface area contributed by atoms with Crippen molar-refractivity contribution in [2.24, 2.45) is 5.92 Å². The monoisotopic (exact) mass is 411 g/mol. The van der Waals surface area contributed by atoms with Gasteiger partial charge in [0.2, 0.25) is 5.91 Å². The highest BCUT2D eigenvalue weighted by Gasteiger charge is 2.30. The van der Waals surface area contributed by atoms with E-state index >= 15 is 0 Å². The fraction of sp³-hybridized carbons (Fsp3) is 0.526. The molecule has 0 bridgehead atoms. The lowest BCUT2D eigenvalue weighted by atomic mass is 9.96. The number of hydrogen-bond donors (Lipinski definition) is 2. The highest BCUT2D eigenvalue weighted by atomic mass is 35.5. The van der Waals surface area contributed by atoms with Crippen molar-refractivity contribution in [2.75, 3.05) is 20.2 Å². The molecule has 0 atom stereocenters. The number of benzene rings is 1. The topological polar surface area (TPSA) is 97.0 Å². The Morgan fingerprint density at radius 2 is 1.79 bits per heavy atom. The highest BCUT2D eigenvalue weighted by molar-refractivity contribution is 6.31. The Morgan fingerprint density at radius 3 is 2.36 bits per heavy atom. The summed E-state index contributed by atoms with van der Waals surface area (Å²) in [6.45, 7) is 6.26. The van der Waals surface area contributed by atoms with Gasteiger partial charge in [0.1, 0.15) is 11.4 Å². The van der Waals surface area contributed by atoms with Crippen molar-refractivity contribution in [1.82, 2.24) is 15.8 Å². The van der Waals surface area contributed by atoms with E-state index in [2.05, 4.69) is 10.9 Å². The van der Waals surface area contributed by atoms with E-state index in [-0.39, 0.29) is 23.5 Å². The van der Waals surface area contributed by atoms with Gasteiger partial charge in [-0.15, -0.1) is 0 Å². The summed E-state index contributed by atoms with van der Waals surface area (Å²) in [6, 6.07) is 4.64. The molecule has 2 N–H and O–H groups in total. The number of piperidine rings is 1. The minimum Gasteiger partial charge on any atom is -0.496 e. The fourth-order valence-electron chi connectivity index (χ4n) is 2.80. The van der Waals surface area contributed by atoms with Gasteiger partial charge in [0.25, 0.3) is 5.91 Å². The lowest BCUT2D eigenvalue weighted by Gasteiger charge is -2.32. The van der Waals surface area contributed by atoms with Gasteiger partial charge in [-0.3, -0.25) is 20.4 Å². The van der Waals surface area contributed by atoms with Crippen molar-refractivity contribution in [3.05, 3.63) is 28.8 Å². The average molecular weight is 412 g/mol. The molecule has 28 heavy (non-hydrogen) atoms. The van der Waals surface area contributed by atoms with Gasteiger partial charge in [0.15, 0.2) is 0 Å². The van der Waals surface area contributed by atoms with Crippen LogP contribution in [0.5, 0.6) is 5.75 Å². The second-order valence-electron chi connectivity index (χ2n) is 7.53. The molecule has 3 amide bonds. The molecule has 1 aliphatic rings. The van der Waals surface area contributed by atoms with Crippen LogP contribution >= 0.6 is 11.6 Å². The molecule has 1 aromatic carbocycles. The first-order valence-corrected chi connectivity index (χ1v) is 9.40. The molecule has 0 saturated carbocycles. The molecule has 0 spiro atoms. The van der Waals surface area contributed by atoms with Crippen LogP contribution in [0, 0.1) is 5.92 Å². The Hall–Kier alpha value is -2.48. The van der Waals surface area contributed by atoms with E-state index in [0.29, 0.717) is 36.7 Å². The predicted molar refractivity (Wildman–Crippen MR) is 104 cm³/mol. The van der Waals surface area contributed by atoms with Crippen molar-refractivity contribution in [3.63, 3.8) is 0 Å². The van der Waals surface area contributed by atoms with Crippen molar-refractivity contribution in [2.45, 2.75) is 39.2 Å². The number of carbonyl (C=O) groups is 3. The molecule has 0 aliphatic carbocycles. The zero-order valence-electron chi connectivity index (χ0n) is 16.5. The molecule has 1 aromatic rings. The normalized spacial score (nSPS) is 15.0. The smallest absolute Gasteiger partial charge is 0.410 e. The number of hydrazine groups is 1. The van der Waals surface area contributed by atoms with Gasteiger partial charge in [-0.05, 0) is 51.8 Å². The van der Waals surface area contributed by atoms with Crippen LogP contribution in [0.25, 0.3) is 0 Å². The van der Waals surface area contributed by atoms with Gasteiger partial charge in [-0.25, -0.2) is 4.79 Å². The zero-order valence-corrected chi connectivity index (χ0v) is 17.3. The number of nitrogens with zero attached hydrogens (tertiary/aromatic N) is 1. The van der Waals surface area contributed by atoms with E-state index in [1.807, 2.05) is 20.8 Å². The zero-order chi connectivity index (χ0) is 20.9. The van der Waals surface area contributed by atoms with Crippen LogP contribution in [-0.4, -0.2) is 48.6 Å². The van der Waals surface area contributed by atoms with Crippen molar-refractivity contribution >= 4 is 29.5 Å². The Bertz CT molecular complexity index is 740. The summed E-state index contributed by atoms with van der Waals surface area (Å²) in [5, 5.41) is 0.381. The number of nitrogens with one attached hydrogen (secondary N) is 2. The van der Waals surface area contributed by atoms with Gasteiger partial charge in [0, 0.05) is 24.0 Å². The number of likely N-dealkylation sites (tertiary alicyclic amines) is 1. The molecule has 1 aliphatic heterocycles. The molecule has 8 nitrogen and oxygen atoms in total. The Kier molecular flexibility index (Phi) is 7.12. The first-order chi connectivity index (χ1) is 13.1. The summed E-state index contributed by atoms with van der Waals surface area (Å²) in [6.07, 6.45) is 0.593. The molecular formula is C19H26ClN3O5. The number of ether oxygens (including phenoxy) is 2. The van der Waals surface area contributed by atoms with E-state index < -0.39 is 11.5 Å². The summed E-state index contributed by atoms with van der Waals surface area (Å²) in [5.41, 5.74) is 4.47. The van der Waals surface area contributed by atoms with Crippen LogP contribution in [0.2, 0.25) is 5.02 Å². The van der Waals surface area contributed by atoms with E-state index in [4.69, 9.17) is 21.1 Å². The van der Waals surface area contributed by atoms with E-state index in [1.165, 1.54) is 13.2 Å². The van der Waals surface area contributed by atoms with Gasteiger partial charge in [-0.1, -0.05) is 11.6 Å². The number of hydrogen-bond acceptors (Lipinski definition) is 5. The van der Waals surface area contributed by atoms with Gasteiger partial charge in [-0.2, -0.15) is 0 Å². The largest absolute Gasteiger partial charge is 0.496 e. The predicted octanol–water partition coefficient (Wildman–Crippen LogP) is 2.76. The first-order valence-electron chi connectivity index (χ1n) is 9.02. The van der Waals surface area contributed by atoms with Crippen molar-refractivity contribution < 1.29 is 23.9 Å². The third-order valence-corrected chi connectivity index (χ3v) is 4.46. The van der Waals surface area contributed by atoms with Crippen molar-refractivity contribution in [3.8, 4) is 5.75 Å². The number of halogens is 1. The summed E-state index contributed by atoms with van der Waals surface area (Å²) in [4.78, 5) is 38.3. The van der Waals surface area contributed by atoms with Crippen LogP contribution in [0.15, 0.2) is 18.2 Å². The summed E-state index contributed by atoms with van der Waals surface area (Å²) < 4.78 is 10.5. The average Bonchev–Trinajstić information content (AvgIpc) is 2.64. The van der Waals surface area contributed by atoms with E-state index in [0.717, 1.165) is 0 Å². The maximum atomic E-state index is 12.3. The number of methoxy groups -OCH3 is 1. The molecule has 0 unspecified atom stereocenters. The summed E-state index contributed by atoms with van der Waals surface area (Å²) >= 11 is 5.92. The molecule has 1 fully saturated rings. The second kappa shape index (κ2) is 9.14. The lowest BCUT2D eigenvalue weighted by molar-refractivity contribution is -0.127. The fourth-order valence-corrected chi connectivity index (χ4v) is 2.97. The summed E-state index contributed by atoms with van der Waals surface area (Å²) in [5.74, 6) is -0.792. The number of rotatable bonds is 3. The van der Waals surface area contributed by atoms with Crippen LogP contribution in [0.1, 0.15) is 44.0 Å². The Labute approximate surface area is 169 Å². The highest BCUT2D eigenvalue weighted by Crippen LogP contribution is 2.23. The molecule has 1 saturated heterocycles. The molecular weight excluding hydrogens is 386 g/mol. The van der Waals surface area contributed by atoms with Crippen LogP contribution < -0.4 is 15.6 Å². The molecule has 1 heterocycles. The third-order valence-electron chi connectivity index (χ3n) is 4.22. The van der Waals surface area contributed by atoms with Gasteiger partial charge >= 0.3 is 6.09 Å². The van der Waals surface area contributed by atoms with Crippen molar-refractivity contribution in [1.29, 1.82) is 0 Å². The summed E-state index contributed by atoms with van der Waals surface area (Å²) in [7, 11) is 1.44. The first kappa shape index (κ1) is 21.8. The molecule has 9 heteroatoms. The van der Waals surface area contributed by atoms with E-state index in [9.17, 15) is 14.4 Å². The molecule has 154 valence electrons. The second-order valence-corrected chi connectivity index (χ2v) is 7.97. The van der Waals surface area contributed by atoms with Crippen LogP contribution in [0.4, 0.5) is 4.79 Å². The van der Waals surface area contributed by atoms with Crippen LogP contribution in [-0.2, 0) is 9.53 Å². The van der Waals surface area contributed by atoms with E-state index in [1.54, 1.807) is 17.0 Å². The number of carbonyl (C=O) groups excluding carboxylic acids is 3. The standard InChI is InChI=1S/C19H26ClN3O5/c1-19(2,3)28-18(26)23-9-7-12(8-10-23)16(24)21-22-17(25)14-11-13(20)5-6-15(14)27-4/h5-6,11-12H,7-10H2,1-4H3,(H,21,24)(H,22,25). The minimum atomic E-state index is -0.559. The quantitative estimate of drug-likeness (QED) is 0.745. The Morgan fingerprint density at radius 1 is 1.14 bits per heavy atom. The maximum Gasteiger partial charge on any atom is 0.410 e. The third kappa shape index (κ3) is 6.02.